The first-order chi connectivity index (χ1) is 6.72. The van der Waals surface area contributed by atoms with Crippen molar-refractivity contribution in [2.45, 2.75) is 33.3 Å². The normalized spacial score (nSPS) is 13.6. The molecule has 0 aromatic heterocycles. The van der Waals surface area contributed by atoms with Gasteiger partial charge in [-0.3, -0.25) is 10.1 Å². The van der Waals surface area contributed by atoms with Crippen LogP contribution >= 0.6 is 0 Å². The Balaban J connectivity index is 3.96. The van der Waals surface area contributed by atoms with Crippen LogP contribution in [-0.2, 0) is 9.53 Å². The van der Waals surface area contributed by atoms with Gasteiger partial charge >= 0.3 is 12.1 Å². The summed E-state index contributed by atoms with van der Waals surface area (Å²) in [7, 11) is 0. The van der Waals surface area contributed by atoms with Gasteiger partial charge in [0.25, 0.3) is 0 Å². The molecule has 5 nitrogen and oxygen atoms in total. The number of hydrogen-bond donors (Lipinski definition) is 2. The highest BCUT2D eigenvalue weighted by atomic mass is 16.6. The smallest absolute Gasteiger partial charge is 0.411 e. The van der Waals surface area contributed by atoms with Crippen molar-refractivity contribution >= 4 is 12.1 Å². The minimum atomic E-state index is -0.947. The second-order valence-electron chi connectivity index (χ2n) is 4.13. The topological polar surface area (TPSA) is 75.6 Å². The monoisotopic (exact) mass is 215 g/mol. The van der Waals surface area contributed by atoms with Crippen molar-refractivity contribution in [1.29, 1.82) is 0 Å². The van der Waals surface area contributed by atoms with Gasteiger partial charge in [0.05, 0.1) is 5.92 Å². The second kappa shape index (κ2) is 5.38. The first-order valence-electron chi connectivity index (χ1n) is 4.61. The molecule has 0 fully saturated rings. The van der Waals surface area contributed by atoms with Crippen LogP contribution in [0.2, 0.25) is 0 Å². The minimum absolute atomic E-state index is 0.559. The lowest BCUT2D eigenvalue weighted by Crippen LogP contribution is -2.29. The molecule has 0 saturated carbocycles. The Morgan fingerprint density at radius 1 is 1.40 bits per heavy atom. The zero-order valence-corrected chi connectivity index (χ0v) is 9.40. The molecule has 0 radical (unpaired) electrons. The average Bonchev–Trinajstić information content (AvgIpc) is 2.00. The van der Waals surface area contributed by atoms with E-state index in [2.05, 4.69) is 5.32 Å². The average molecular weight is 215 g/mol. The van der Waals surface area contributed by atoms with E-state index < -0.39 is 23.6 Å². The number of carbonyl (C=O) groups excluding carboxylic acids is 1. The number of carbonyl (C=O) groups is 2. The lowest BCUT2D eigenvalue weighted by Gasteiger charge is -2.18. The Morgan fingerprint density at radius 2 is 1.93 bits per heavy atom. The number of nitrogens with one attached hydrogen (secondary N) is 1. The van der Waals surface area contributed by atoms with Crippen LogP contribution in [0.4, 0.5) is 4.79 Å². The molecule has 0 aliphatic rings. The van der Waals surface area contributed by atoms with Crippen molar-refractivity contribution in [2.24, 2.45) is 5.92 Å². The quantitative estimate of drug-likeness (QED) is 0.752. The molecule has 0 rings (SSSR count). The van der Waals surface area contributed by atoms with Crippen LogP contribution in [0.25, 0.3) is 0 Å². The maximum absolute atomic E-state index is 11.1. The van der Waals surface area contributed by atoms with Gasteiger partial charge in [-0.25, -0.2) is 4.79 Å². The molecule has 1 unspecified atom stereocenters. The fraction of sp³-hybridized carbons (Fsp3) is 0.600. The number of carboxylic acid groups (broad SMARTS) is 1. The number of hydrogen-bond acceptors (Lipinski definition) is 3. The van der Waals surface area contributed by atoms with E-state index in [4.69, 9.17) is 9.84 Å². The van der Waals surface area contributed by atoms with Crippen LogP contribution in [0.3, 0.4) is 0 Å². The maximum atomic E-state index is 11.1. The fourth-order valence-electron chi connectivity index (χ4n) is 0.650. The van der Waals surface area contributed by atoms with Gasteiger partial charge in [-0.2, -0.15) is 0 Å². The molecule has 1 amide bonds. The molecule has 0 aromatic rings. The predicted octanol–water partition coefficient (Wildman–Crippen LogP) is 1.75. The molecule has 0 bridgehead atoms. The third-order valence-electron chi connectivity index (χ3n) is 1.37. The highest BCUT2D eigenvalue weighted by Crippen LogP contribution is 2.06. The van der Waals surface area contributed by atoms with Crippen molar-refractivity contribution in [1.82, 2.24) is 5.32 Å². The summed E-state index contributed by atoms with van der Waals surface area (Å²) in [6, 6.07) is 0. The SMILES string of the molecule is CC(C=CNC(=O)OC(C)(C)C)C(=O)O. The number of rotatable bonds is 3. The van der Waals surface area contributed by atoms with Crippen molar-refractivity contribution in [3.63, 3.8) is 0 Å². The summed E-state index contributed by atoms with van der Waals surface area (Å²) in [5.41, 5.74) is -0.559. The molecule has 2 N–H and O–H groups in total. The van der Waals surface area contributed by atoms with E-state index >= 15 is 0 Å². The molecular formula is C10H17NO4. The van der Waals surface area contributed by atoms with Gasteiger partial charge in [-0.1, -0.05) is 6.08 Å². The van der Waals surface area contributed by atoms with E-state index in [1.54, 1.807) is 20.8 Å². The molecule has 0 saturated heterocycles. The van der Waals surface area contributed by atoms with E-state index in [0.29, 0.717) is 0 Å². The molecule has 15 heavy (non-hydrogen) atoms. The largest absolute Gasteiger partial charge is 0.481 e. The maximum Gasteiger partial charge on any atom is 0.411 e. The Morgan fingerprint density at radius 3 is 2.33 bits per heavy atom. The first kappa shape index (κ1) is 13.5. The number of ether oxygens (including phenoxy) is 1. The van der Waals surface area contributed by atoms with E-state index in [-0.39, 0.29) is 0 Å². The third kappa shape index (κ3) is 7.54. The Hall–Kier alpha value is -1.52. The Kier molecular flexibility index (Phi) is 4.84. The van der Waals surface area contributed by atoms with Crippen LogP contribution in [-0.4, -0.2) is 22.8 Å². The van der Waals surface area contributed by atoms with Crippen LogP contribution in [0.5, 0.6) is 0 Å². The molecule has 0 aliphatic carbocycles. The molecular weight excluding hydrogens is 198 g/mol. The van der Waals surface area contributed by atoms with E-state index in [0.717, 1.165) is 0 Å². The van der Waals surface area contributed by atoms with Crippen molar-refractivity contribution in [2.75, 3.05) is 0 Å². The summed E-state index contributed by atoms with van der Waals surface area (Å²) >= 11 is 0. The number of aliphatic carboxylic acids is 1. The summed E-state index contributed by atoms with van der Waals surface area (Å²) in [6.45, 7) is 6.75. The summed E-state index contributed by atoms with van der Waals surface area (Å²) in [6.07, 6.45) is 2.04. The van der Waals surface area contributed by atoms with Crippen LogP contribution in [0.15, 0.2) is 12.3 Å². The minimum Gasteiger partial charge on any atom is -0.481 e. The van der Waals surface area contributed by atoms with Crippen LogP contribution in [0, 0.1) is 5.92 Å². The molecule has 0 aromatic carbocycles. The Labute approximate surface area is 89.1 Å². The van der Waals surface area contributed by atoms with Crippen LogP contribution < -0.4 is 5.32 Å². The molecule has 0 heterocycles. The molecule has 0 spiro atoms. The molecule has 0 aliphatic heterocycles. The molecule has 86 valence electrons. The first-order valence-corrected chi connectivity index (χ1v) is 4.61. The fourth-order valence-corrected chi connectivity index (χ4v) is 0.650. The van der Waals surface area contributed by atoms with Gasteiger partial charge in [0.2, 0.25) is 0 Å². The second-order valence-corrected chi connectivity index (χ2v) is 4.13. The van der Waals surface area contributed by atoms with Crippen molar-refractivity contribution in [3.8, 4) is 0 Å². The van der Waals surface area contributed by atoms with Crippen molar-refractivity contribution in [3.05, 3.63) is 12.3 Å². The number of alkyl carbamates (subject to hydrolysis) is 1. The van der Waals surface area contributed by atoms with Crippen LogP contribution in [0.1, 0.15) is 27.7 Å². The van der Waals surface area contributed by atoms with E-state index in [1.165, 1.54) is 19.2 Å². The third-order valence-corrected chi connectivity index (χ3v) is 1.37. The standard InChI is InChI=1S/C10H17NO4/c1-7(8(12)13)5-6-11-9(14)15-10(2,3)4/h5-7H,1-4H3,(H,11,14)(H,12,13). The number of amides is 1. The van der Waals surface area contributed by atoms with Gasteiger partial charge in [0.1, 0.15) is 5.60 Å². The number of carboxylic acids is 1. The summed E-state index contributed by atoms with van der Waals surface area (Å²) in [5, 5.41) is 10.9. The predicted molar refractivity (Wildman–Crippen MR) is 55.3 cm³/mol. The van der Waals surface area contributed by atoms with Gasteiger partial charge < -0.3 is 9.84 Å². The van der Waals surface area contributed by atoms with Gasteiger partial charge in [-0.05, 0) is 27.7 Å². The highest BCUT2D eigenvalue weighted by molar-refractivity contribution is 5.72. The van der Waals surface area contributed by atoms with Gasteiger partial charge in [0.15, 0.2) is 0 Å². The zero-order valence-electron chi connectivity index (χ0n) is 9.40. The highest BCUT2D eigenvalue weighted by Gasteiger charge is 2.15. The van der Waals surface area contributed by atoms with Crippen molar-refractivity contribution < 1.29 is 19.4 Å². The summed E-state index contributed by atoms with van der Waals surface area (Å²) < 4.78 is 4.93. The summed E-state index contributed by atoms with van der Waals surface area (Å²) in [5.74, 6) is -1.59. The molecule has 1 atom stereocenters. The van der Waals surface area contributed by atoms with Gasteiger partial charge in [0, 0.05) is 6.20 Å². The zero-order chi connectivity index (χ0) is 12.1. The lowest BCUT2D eigenvalue weighted by molar-refractivity contribution is -0.139. The summed E-state index contributed by atoms with van der Waals surface area (Å²) in [4.78, 5) is 21.5. The molecule has 5 heteroatoms. The van der Waals surface area contributed by atoms with E-state index in [1.807, 2.05) is 0 Å². The van der Waals surface area contributed by atoms with E-state index in [9.17, 15) is 9.59 Å². The lowest BCUT2D eigenvalue weighted by atomic mass is 10.2. The van der Waals surface area contributed by atoms with Gasteiger partial charge in [-0.15, -0.1) is 0 Å². The Bertz CT molecular complexity index is 265.